The lowest BCUT2D eigenvalue weighted by atomic mass is 10.1. The Kier molecular flexibility index (Phi) is 4.54. The van der Waals surface area contributed by atoms with Gasteiger partial charge in [-0.05, 0) is 20.3 Å². The molecule has 1 amide bonds. The summed E-state index contributed by atoms with van der Waals surface area (Å²) in [5.41, 5.74) is 7.44. The van der Waals surface area contributed by atoms with Crippen molar-refractivity contribution in [2.24, 2.45) is 7.05 Å². The molecule has 0 fully saturated rings. The molecule has 0 bridgehead atoms. The average molecular weight is 238 g/mol. The fraction of sp³-hybridized carbons (Fsp3) is 0.667. The first-order chi connectivity index (χ1) is 7.97. The monoisotopic (exact) mass is 238 g/mol. The molecule has 1 rings (SSSR count). The number of nitrogens with two attached hydrogens (primary N) is 1. The van der Waals surface area contributed by atoms with Crippen LogP contribution in [0.15, 0.2) is 0 Å². The van der Waals surface area contributed by atoms with Gasteiger partial charge in [0.2, 0.25) is 0 Å². The molecule has 3 N–H and O–H groups in total. The summed E-state index contributed by atoms with van der Waals surface area (Å²) in [5, 5.41) is 7.08. The summed E-state index contributed by atoms with van der Waals surface area (Å²) < 4.78 is 1.53. The Morgan fingerprint density at radius 2 is 2.24 bits per heavy atom. The van der Waals surface area contributed by atoms with Crippen LogP contribution in [0.1, 0.15) is 49.3 Å². The Morgan fingerprint density at radius 3 is 2.71 bits per heavy atom. The van der Waals surface area contributed by atoms with Crippen molar-refractivity contribution in [3.63, 3.8) is 0 Å². The van der Waals surface area contributed by atoms with Crippen molar-refractivity contribution in [3.8, 4) is 0 Å². The Bertz CT molecular complexity index is 397. The fourth-order valence-electron chi connectivity index (χ4n) is 1.82. The van der Waals surface area contributed by atoms with Gasteiger partial charge in [0.1, 0.15) is 5.69 Å². The number of nitrogens with one attached hydrogen (secondary N) is 1. The highest BCUT2D eigenvalue weighted by Gasteiger charge is 2.18. The number of nitrogens with zero attached hydrogens (tertiary/aromatic N) is 2. The van der Waals surface area contributed by atoms with E-state index in [0.29, 0.717) is 17.1 Å². The van der Waals surface area contributed by atoms with E-state index in [-0.39, 0.29) is 11.9 Å². The number of aryl methyl sites for hydroxylation is 2. The van der Waals surface area contributed by atoms with E-state index in [4.69, 9.17) is 5.73 Å². The minimum Gasteiger partial charge on any atom is -0.395 e. The number of carbonyl (C=O) groups excluding carboxylic acids is 1. The van der Waals surface area contributed by atoms with Crippen LogP contribution in [-0.2, 0) is 7.05 Å². The number of amides is 1. The maximum Gasteiger partial charge on any atom is 0.271 e. The second-order valence-corrected chi connectivity index (χ2v) is 4.49. The number of rotatable bonds is 5. The van der Waals surface area contributed by atoms with Crippen LogP contribution in [0, 0.1) is 6.92 Å². The highest BCUT2D eigenvalue weighted by molar-refractivity contribution is 5.98. The van der Waals surface area contributed by atoms with Crippen LogP contribution in [0.4, 0.5) is 5.69 Å². The van der Waals surface area contributed by atoms with Crippen molar-refractivity contribution in [1.29, 1.82) is 0 Å². The minimum atomic E-state index is -0.144. The van der Waals surface area contributed by atoms with E-state index in [2.05, 4.69) is 17.3 Å². The third kappa shape index (κ3) is 3.22. The van der Waals surface area contributed by atoms with Gasteiger partial charge in [0.05, 0.1) is 11.4 Å². The van der Waals surface area contributed by atoms with Crippen LogP contribution in [-0.4, -0.2) is 21.7 Å². The standard InChI is InChI=1S/C12H22N4O/c1-5-6-7-8(2)14-12(17)11-10(13)9(3)15-16(11)4/h8H,5-7,13H2,1-4H3,(H,14,17). The Balaban J connectivity index is 2.70. The maximum atomic E-state index is 12.0. The highest BCUT2D eigenvalue weighted by atomic mass is 16.2. The van der Waals surface area contributed by atoms with Gasteiger partial charge in [-0.15, -0.1) is 0 Å². The lowest BCUT2D eigenvalue weighted by Crippen LogP contribution is -2.34. The van der Waals surface area contributed by atoms with Gasteiger partial charge in [0.25, 0.3) is 5.91 Å². The maximum absolute atomic E-state index is 12.0. The zero-order valence-electron chi connectivity index (χ0n) is 11.1. The van der Waals surface area contributed by atoms with Crippen LogP contribution in [0.3, 0.4) is 0 Å². The lowest BCUT2D eigenvalue weighted by Gasteiger charge is -2.13. The zero-order valence-corrected chi connectivity index (χ0v) is 11.1. The second kappa shape index (κ2) is 5.70. The second-order valence-electron chi connectivity index (χ2n) is 4.49. The van der Waals surface area contributed by atoms with E-state index in [0.717, 1.165) is 19.3 Å². The zero-order chi connectivity index (χ0) is 13.0. The number of nitrogen functional groups attached to an aromatic ring is 1. The van der Waals surface area contributed by atoms with Crippen LogP contribution in [0.25, 0.3) is 0 Å². The van der Waals surface area contributed by atoms with Crippen molar-refractivity contribution in [1.82, 2.24) is 15.1 Å². The summed E-state index contributed by atoms with van der Waals surface area (Å²) in [7, 11) is 1.73. The van der Waals surface area contributed by atoms with E-state index in [9.17, 15) is 4.79 Å². The molecule has 1 unspecified atom stereocenters. The van der Waals surface area contributed by atoms with E-state index in [1.54, 1.807) is 14.0 Å². The van der Waals surface area contributed by atoms with Gasteiger partial charge in [0.15, 0.2) is 0 Å². The first-order valence-corrected chi connectivity index (χ1v) is 6.07. The molecule has 1 aromatic rings. The summed E-state index contributed by atoms with van der Waals surface area (Å²) in [6, 6.07) is 0.164. The molecule has 0 saturated carbocycles. The minimum absolute atomic E-state index is 0.144. The molecule has 96 valence electrons. The third-order valence-corrected chi connectivity index (χ3v) is 2.85. The summed E-state index contributed by atoms with van der Waals surface area (Å²) in [6.45, 7) is 5.94. The van der Waals surface area contributed by atoms with Gasteiger partial charge in [0, 0.05) is 13.1 Å². The van der Waals surface area contributed by atoms with Crippen molar-refractivity contribution in [3.05, 3.63) is 11.4 Å². The third-order valence-electron chi connectivity index (χ3n) is 2.85. The number of hydrogen-bond donors (Lipinski definition) is 2. The number of aromatic nitrogens is 2. The molecule has 5 heteroatoms. The predicted molar refractivity (Wildman–Crippen MR) is 68.8 cm³/mol. The van der Waals surface area contributed by atoms with Crippen LogP contribution in [0.2, 0.25) is 0 Å². The van der Waals surface area contributed by atoms with Gasteiger partial charge in [-0.2, -0.15) is 5.10 Å². The Morgan fingerprint density at radius 1 is 1.59 bits per heavy atom. The molecule has 1 aromatic heterocycles. The quantitative estimate of drug-likeness (QED) is 0.818. The smallest absolute Gasteiger partial charge is 0.271 e. The molecule has 0 spiro atoms. The van der Waals surface area contributed by atoms with E-state index >= 15 is 0 Å². The van der Waals surface area contributed by atoms with Gasteiger partial charge in [-0.25, -0.2) is 0 Å². The Labute approximate surface area is 102 Å². The van der Waals surface area contributed by atoms with Gasteiger partial charge < -0.3 is 11.1 Å². The SMILES string of the molecule is CCCCC(C)NC(=O)c1c(N)c(C)nn1C. The van der Waals surface area contributed by atoms with Crippen molar-refractivity contribution in [2.45, 2.75) is 46.1 Å². The molecule has 0 aliphatic rings. The molecule has 0 radical (unpaired) electrons. The van der Waals surface area contributed by atoms with Crippen LogP contribution < -0.4 is 11.1 Å². The predicted octanol–water partition coefficient (Wildman–Crippen LogP) is 1.62. The largest absolute Gasteiger partial charge is 0.395 e. The number of hydrogen-bond acceptors (Lipinski definition) is 3. The van der Waals surface area contributed by atoms with Crippen LogP contribution in [0.5, 0.6) is 0 Å². The van der Waals surface area contributed by atoms with E-state index in [1.165, 1.54) is 4.68 Å². The molecule has 0 aliphatic carbocycles. The summed E-state index contributed by atoms with van der Waals surface area (Å²) in [5.74, 6) is -0.144. The average Bonchev–Trinajstić information content (AvgIpc) is 2.50. The van der Waals surface area contributed by atoms with Crippen LogP contribution >= 0.6 is 0 Å². The number of carbonyl (C=O) groups is 1. The van der Waals surface area contributed by atoms with E-state index < -0.39 is 0 Å². The first kappa shape index (κ1) is 13.5. The molecule has 1 atom stereocenters. The fourth-order valence-corrected chi connectivity index (χ4v) is 1.82. The molecule has 5 nitrogen and oxygen atoms in total. The first-order valence-electron chi connectivity index (χ1n) is 6.07. The normalized spacial score (nSPS) is 12.5. The van der Waals surface area contributed by atoms with Gasteiger partial charge in [-0.1, -0.05) is 19.8 Å². The molecule has 0 saturated heterocycles. The molecule has 17 heavy (non-hydrogen) atoms. The Hall–Kier alpha value is -1.52. The summed E-state index contributed by atoms with van der Waals surface area (Å²) in [6.07, 6.45) is 3.23. The number of unbranched alkanes of at least 4 members (excludes halogenated alkanes) is 1. The summed E-state index contributed by atoms with van der Waals surface area (Å²) >= 11 is 0. The molecular formula is C12H22N4O. The molecule has 0 aromatic carbocycles. The van der Waals surface area contributed by atoms with Crippen molar-refractivity contribution in [2.75, 3.05) is 5.73 Å². The topological polar surface area (TPSA) is 72.9 Å². The van der Waals surface area contributed by atoms with Gasteiger partial charge >= 0.3 is 0 Å². The van der Waals surface area contributed by atoms with Gasteiger partial charge in [-0.3, -0.25) is 9.48 Å². The van der Waals surface area contributed by atoms with Crippen molar-refractivity contribution < 1.29 is 4.79 Å². The van der Waals surface area contributed by atoms with E-state index in [1.807, 2.05) is 6.92 Å². The number of anilines is 1. The highest BCUT2D eigenvalue weighted by Crippen LogP contribution is 2.15. The molecule has 0 aliphatic heterocycles. The lowest BCUT2D eigenvalue weighted by molar-refractivity contribution is 0.0929. The molecular weight excluding hydrogens is 216 g/mol. The van der Waals surface area contributed by atoms with Crippen molar-refractivity contribution >= 4 is 11.6 Å². The molecule has 1 heterocycles. The summed E-state index contributed by atoms with van der Waals surface area (Å²) in [4.78, 5) is 12.0.